The van der Waals surface area contributed by atoms with Gasteiger partial charge in [-0.1, -0.05) is 48.0 Å². The van der Waals surface area contributed by atoms with Crippen LogP contribution >= 0.6 is 11.6 Å². The summed E-state index contributed by atoms with van der Waals surface area (Å²) in [5.41, 5.74) is 8.40. The zero-order chi connectivity index (χ0) is 13.0. The van der Waals surface area contributed by atoms with Gasteiger partial charge < -0.3 is 10.8 Å². The van der Waals surface area contributed by atoms with Crippen molar-refractivity contribution in [3.8, 4) is 0 Å². The SMILES string of the molecule is NCCc1ccc(C(O)c2ccc(Cl)cc2)cc1. The molecule has 2 nitrogen and oxygen atoms in total. The number of hydrogen-bond acceptors (Lipinski definition) is 2. The lowest BCUT2D eigenvalue weighted by atomic mass is 10.00. The number of rotatable bonds is 4. The van der Waals surface area contributed by atoms with E-state index in [0.29, 0.717) is 11.6 Å². The van der Waals surface area contributed by atoms with Crippen LogP contribution in [0, 0.1) is 0 Å². The summed E-state index contributed by atoms with van der Waals surface area (Å²) in [7, 11) is 0. The number of benzene rings is 2. The van der Waals surface area contributed by atoms with Gasteiger partial charge in [-0.3, -0.25) is 0 Å². The van der Waals surface area contributed by atoms with E-state index in [1.165, 1.54) is 5.56 Å². The summed E-state index contributed by atoms with van der Waals surface area (Å²) < 4.78 is 0. The van der Waals surface area contributed by atoms with Gasteiger partial charge in [0.05, 0.1) is 0 Å². The predicted molar refractivity (Wildman–Crippen MR) is 74.7 cm³/mol. The number of hydrogen-bond donors (Lipinski definition) is 2. The summed E-state index contributed by atoms with van der Waals surface area (Å²) in [6, 6.07) is 15.1. The maximum atomic E-state index is 10.2. The van der Waals surface area contributed by atoms with Crippen molar-refractivity contribution in [2.24, 2.45) is 5.73 Å². The molecule has 0 bridgehead atoms. The maximum Gasteiger partial charge on any atom is 0.104 e. The minimum absolute atomic E-state index is 0.616. The van der Waals surface area contributed by atoms with Crippen LogP contribution in [0.4, 0.5) is 0 Å². The van der Waals surface area contributed by atoms with Crippen LogP contribution in [-0.4, -0.2) is 11.7 Å². The van der Waals surface area contributed by atoms with Crippen LogP contribution in [0.3, 0.4) is 0 Å². The first-order chi connectivity index (χ1) is 8.70. The number of nitrogens with two attached hydrogens (primary N) is 1. The molecule has 0 aromatic heterocycles. The minimum atomic E-state index is -0.616. The average Bonchev–Trinajstić information content (AvgIpc) is 2.40. The number of aliphatic hydroxyl groups excluding tert-OH is 1. The van der Waals surface area contributed by atoms with E-state index in [9.17, 15) is 5.11 Å². The van der Waals surface area contributed by atoms with Crippen molar-refractivity contribution in [1.29, 1.82) is 0 Å². The van der Waals surface area contributed by atoms with Crippen LogP contribution < -0.4 is 5.73 Å². The molecule has 0 aliphatic carbocycles. The van der Waals surface area contributed by atoms with Crippen LogP contribution in [0.15, 0.2) is 48.5 Å². The molecule has 0 saturated heterocycles. The van der Waals surface area contributed by atoms with Gasteiger partial charge in [-0.25, -0.2) is 0 Å². The monoisotopic (exact) mass is 261 g/mol. The fourth-order valence-corrected chi connectivity index (χ4v) is 2.00. The Balaban J connectivity index is 2.17. The highest BCUT2D eigenvalue weighted by Gasteiger charge is 2.09. The molecular formula is C15H16ClNO. The van der Waals surface area contributed by atoms with E-state index in [-0.39, 0.29) is 0 Å². The molecule has 2 aromatic carbocycles. The zero-order valence-electron chi connectivity index (χ0n) is 10.0. The average molecular weight is 262 g/mol. The molecule has 3 N–H and O–H groups in total. The van der Waals surface area contributed by atoms with Crippen molar-refractivity contribution < 1.29 is 5.11 Å². The van der Waals surface area contributed by atoms with E-state index < -0.39 is 6.10 Å². The molecule has 0 amide bonds. The quantitative estimate of drug-likeness (QED) is 0.889. The maximum absolute atomic E-state index is 10.2. The molecular weight excluding hydrogens is 246 g/mol. The molecule has 18 heavy (non-hydrogen) atoms. The number of halogens is 1. The van der Waals surface area contributed by atoms with Crippen molar-refractivity contribution in [2.45, 2.75) is 12.5 Å². The Labute approximate surface area is 112 Å². The third-order valence-corrected chi connectivity index (χ3v) is 3.17. The summed E-state index contributed by atoms with van der Waals surface area (Å²) in [6.07, 6.45) is 0.242. The first-order valence-corrected chi connectivity index (χ1v) is 6.31. The van der Waals surface area contributed by atoms with Crippen LogP contribution in [0.5, 0.6) is 0 Å². The molecule has 0 aliphatic heterocycles. The second-order valence-corrected chi connectivity index (χ2v) is 4.67. The predicted octanol–water partition coefficient (Wildman–Crippen LogP) is 2.92. The highest BCUT2D eigenvalue weighted by molar-refractivity contribution is 6.30. The summed E-state index contributed by atoms with van der Waals surface area (Å²) >= 11 is 5.82. The van der Waals surface area contributed by atoms with Gasteiger partial charge in [0, 0.05) is 5.02 Å². The zero-order valence-corrected chi connectivity index (χ0v) is 10.8. The highest BCUT2D eigenvalue weighted by atomic mass is 35.5. The molecule has 94 valence electrons. The van der Waals surface area contributed by atoms with Crippen LogP contribution in [-0.2, 0) is 6.42 Å². The molecule has 2 aromatic rings. The molecule has 2 rings (SSSR count). The Hall–Kier alpha value is -1.35. The fraction of sp³-hybridized carbons (Fsp3) is 0.200. The molecule has 0 heterocycles. The normalized spacial score (nSPS) is 12.4. The molecule has 0 aliphatic rings. The van der Waals surface area contributed by atoms with Crippen molar-refractivity contribution >= 4 is 11.6 Å². The first-order valence-electron chi connectivity index (χ1n) is 5.93. The van der Waals surface area contributed by atoms with Crippen molar-refractivity contribution in [1.82, 2.24) is 0 Å². The smallest absolute Gasteiger partial charge is 0.104 e. The Kier molecular flexibility index (Phi) is 4.37. The second kappa shape index (κ2) is 6.01. The van der Waals surface area contributed by atoms with Gasteiger partial charge in [-0.2, -0.15) is 0 Å². The molecule has 0 saturated carbocycles. The van der Waals surface area contributed by atoms with E-state index in [1.54, 1.807) is 12.1 Å². The highest BCUT2D eigenvalue weighted by Crippen LogP contribution is 2.23. The summed E-state index contributed by atoms with van der Waals surface area (Å²) in [5.74, 6) is 0. The van der Waals surface area contributed by atoms with Gasteiger partial charge in [0.2, 0.25) is 0 Å². The second-order valence-electron chi connectivity index (χ2n) is 4.23. The Morgan fingerprint density at radius 2 is 1.44 bits per heavy atom. The molecule has 0 spiro atoms. The summed E-state index contributed by atoms with van der Waals surface area (Å²) in [4.78, 5) is 0. The lowest BCUT2D eigenvalue weighted by Gasteiger charge is -2.12. The lowest BCUT2D eigenvalue weighted by Crippen LogP contribution is -2.03. The van der Waals surface area contributed by atoms with Gasteiger partial charge >= 0.3 is 0 Å². The molecule has 1 atom stereocenters. The lowest BCUT2D eigenvalue weighted by molar-refractivity contribution is 0.220. The van der Waals surface area contributed by atoms with Gasteiger partial charge in [-0.05, 0) is 41.8 Å². The summed E-state index contributed by atoms with van der Waals surface area (Å²) in [5, 5.41) is 10.9. The largest absolute Gasteiger partial charge is 0.384 e. The van der Waals surface area contributed by atoms with E-state index in [4.69, 9.17) is 17.3 Å². The molecule has 1 unspecified atom stereocenters. The number of aliphatic hydroxyl groups is 1. The van der Waals surface area contributed by atoms with E-state index in [2.05, 4.69) is 0 Å². The van der Waals surface area contributed by atoms with Crippen molar-refractivity contribution in [3.63, 3.8) is 0 Å². The Bertz CT molecular complexity index is 493. The van der Waals surface area contributed by atoms with Gasteiger partial charge in [-0.15, -0.1) is 0 Å². The standard InChI is InChI=1S/C15H16ClNO/c16-14-7-5-13(6-8-14)15(18)12-3-1-11(2-4-12)9-10-17/h1-8,15,18H,9-10,17H2. The molecule has 0 radical (unpaired) electrons. The Morgan fingerprint density at radius 3 is 1.94 bits per heavy atom. The van der Waals surface area contributed by atoms with Crippen LogP contribution in [0.2, 0.25) is 5.02 Å². The topological polar surface area (TPSA) is 46.2 Å². The summed E-state index contributed by atoms with van der Waals surface area (Å²) in [6.45, 7) is 0.638. The molecule has 3 heteroatoms. The fourth-order valence-electron chi connectivity index (χ4n) is 1.87. The van der Waals surface area contributed by atoms with Crippen LogP contribution in [0.25, 0.3) is 0 Å². The third-order valence-electron chi connectivity index (χ3n) is 2.91. The van der Waals surface area contributed by atoms with E-state index in [0.717, 1.165) is 17.5 Å². The van der Waals surface area contributed by atoms with Crippen molar-refractivity contribution in [3.05, 3.63) is 70.2 Å². The third kappa shape index (κ3) is 3.10. The van der Waals surface area contributed by atoms with E-state index in [1.807, 2.05) is 36.4 Å². The van der Waals surface area contributed by atoms with Gasteiger partial charge in [0.25, 0.3) is 0 Å². The van der Waals surface area contributed by atoms with Gasteiger partial charge in [0.15, 0.2) is 0 Å². The van der Waals surface area contributed by atoms with Crippen LogP contribution in [0.1, 0.15) is 22.8 Å². The molecule has 0 fully saturated rings. The van der Waals surface area contributed by atoms with E-state index >= 15 is 0 Å². The van der Waals surface area contributed by atoms with Gasteiger partial charge in [0.1, 0.15) is 6.10 Å². The first kappa shape index (κ1) is 13.1. The van der Waals surface area contributed by atoms with Crippen molar-refractivity contribution in [2.75, 3.05) is 6.54 Å². The Morgan fingerprint density at radius 1 is 0.944 bits per heavy atom. The minimum Gasteiger partial charge on any atom is -0.384 e.